The van der Waals surface area contributed by atoms with Crippen LogP contribution in [-0.2, 0) is 6.18 Å². The van der Waals surface area contributed by atoms with Crippen molar-refractivity contribution in [1.29, 1.82) is 0 Å². The lowest BCUT2D eigenvalue weighted by atomic mass is 9.93. The Morgan fingerprint density at radius 3 is 1.27 bits per heavy atom. The minimum atomic E-state index is -4.63. The molecule has 2 aromatic heterocycles. The number of aromatic nitrogens is 4. The van der Waals surface area contributed by atoms with Crippen molar-refractivity contribution in [3.8, 4) is 73.2 Å². The SMILES string of the molecule is FC(F)(F)c1ccccc1-c1cc(-n2c3cc(-c4ccccc4)ccc3c3ccc(-c4ccccc4)cc32)ccc1-c1nc(-c2ccccc2)nc(-c2ccccc2)n1. The molecule has 59 heavy (non-hydrogen) atoms. The van der Waals surface area contributed by atoms with Gasteiger partial charge in [-0.1, -0.05) is 164 Å². The summed E-state index contributed by atoms with van der Waals surface area (Å²) in [6, 6.07) is 63.6. The second kappa shape index (κ2) is 14.7. The Labute approximate surface area is 338 Å². The van der Waals surface area contributed by atoms with Crippen LogP contribution in [0.15, 0.2) is 200 Å². The normalized spacial score (nSPS) is 11.6. The third-order valence-electron chi connectivity index (χ3n) is 10.7. The summed E-state index contributed by atoms with van der Waals surface area (Å²) in [5.74, 6) is 1.09. The average Bonchev–Trinajstić information content (AvgIpc) is 3.62. The molecule has 2 heterocycles. The van der Waals surface area contributed by atoms with Gasteiger partial charge >= 0.3 is 6.18 Å². The number of hydrogen-bond acceptors (Lipinski definition) is 3. The number of fused-ring (bicyclic) bond motifs is 3. The summed E-state index contributed by atoms with van der Waals surface area (Å²) in [7, 11) is 0. The van der Waals surface area contributed by atoms with E-state index in [0.29, 0.717) is 28.5 Å². The van der Waals surface area contributed by atoms with E-state index in [0.717, 1.165) is 61.3 Å². The summed E-state index contributed by atoms with van der Waals surface area (Å²) in [6.45, 7) is 0. The number of rotatable bonds is 7. The lowest BCUT2D eigenvalue weighted by Crippen LogP contribution is -2.08. The minimum Gasteiger partial charge on any atom is -0.309 e. The third kappa shape index (κ3) is 6.72. The maximum absolute atomic E-state index is 15.0. The number of alkyl halides is 3. The van der Waals surface area contributed by atoms with E-state index in [9.17, 15) is 13.2 Å². The molecule has 8 aromatic carbocycles. The van der Waals surface area contributed by atoms with Crippen molar-refractivity contribution in [3.05, 3.63) is 206 Å². The van der Waals surface area contributed by atoms with Crippen molar-refractivity contribution in [2.45, 2.75) is 6.18 Å². The Balaban J connectivity index is 1.27. The minimum absolute atomic E-state index is 0.0236. The smallest absolute Gasteiger partial charge is 0.309 e. The highest BCUT2D eigenvalue weighted by atomic mass is 19.4. The lowest BCUT2D eigenvalue weighted by molar-refractivity contribution is -0.137. The number of benzene rings is 8. The monoisotopic (exact) mass is 770 g/mol. The zero-order valence-corrected chi connectivity index (χ0v) is 31.5. The molecule has 0 atom stereocenters. The molecule has 0 unspecified atom stereocenters. The van der Waals surface area contributed by atoms with Gasteiger partial charge in [-0.3, -0.25) is 0 Å². The summed E-state index contributed by atoms with van der Waals surface area (Å²) < 4.78 is 47.1. The van der Waals surface area contributed by atoms with E-state index in [4.69, 9.17) is 15.0 Å². The summed E-state index contributed by atoms with van der Waals surface area (Å²) >= 11 is 0. The molecule has 0 N–H and O–H groups in total. The van der Waals surface area contributed by atoms with E-state index in [1.807, 2.05) is 115 Å². The first-order valence-electron chi connectivity index (χ1n) is 19.3. The molecule has 4 nitrogen and oxygen atoms in total. The van der Waals surface area contributed by atoms with Crippen LogP contribution in [0.25, 0.3) is 95.0 Å². The van der Waals surface area contributed by atoms with Crippen molar-refractivity contribution in [2.75, 3.05) is 0 Å². The van der Waals surface area contributed by atoms with Gasteiger partial charge in [0.2, 0.25) is 0 Å². The first-order chi connectivity index (χ1) is 28.9. The van der Waals surface area contributed by atoms with Gasteiger partial charge in [-0.15, -0.1) is 0 Å². The van der Waals surface area contributed by atoms with Crippen LogP contribution < -0.4 is 0 Å². The largest absolute Gasteiger partial charge is 0.417 e. The van der Waals surface area contributed by atoms with E-state index in [1.54, 1.807) is 6.07 Å². The fourth-order valence-corrected chi connectivity index (χ4v) is 7.90. The molecule has 0 aliphatic rings. The summed E-state index contributed by atoms with van der Waals surface area (Å²) in [4.78, 5) is 14.7. The quantitative estimate of drug-likeness (QED) is 0.162. The van der Waals surface area contributed by atoms with Crippen LogP contribution >= 0.6 is 0 Å². The number of halogens is 3. The second-order valence-corrected chi connectivity index (χ2v) is 14.3. The molecular formula is C52H33F3N4. The fraction of sp³-hybridized carbons (Fsp3) is 0.0192. The van der Waals surface area contributed by atoms with Crippen molar-refractivity contribution in [2.24, 2.45) is 0 Å². The van der Waals surface area contributed by atoms with E-state index in [-0.39, 0.29) is 11.4 Å². The van der Waals surface area contributed by atoms with E-state index < -0.39 is 11.7 Å². The van der Waals surface area contributed by atoms with Crippen LogP contribution in [0.2, 0.25) is 0 Å². The van der Waals surface area contributed by atoms with Crippen LogP contribution in [-0.4, -0.2) is 19.5 Å². The van der Waals surface area contributed by atoms with Gasteiger partial charge in [0, 0.05) is 33.2 Å². The predicted molar refractivity (Wildman–Crippen MR) is 232 cm³/mol. The van der Waals surface area contributed by atoms with Gasteiger partial charge in [0.05, 0.1) is 16.6 Å². The zero-order chi connectivity index (χ0) is 39.9. The molecule has 0 bridgehead atoms. The molecule has 0 radical (unpaired) electrons. The second-order valence-electron chi connectivity index (χ2n) is 14.3. The highest BCUT2D eigenvalue weighted by molar-refractivity contribution is 6.11. The molecular weight excluding hydrogens is 738 g/mol. The first-order valence-corrected chi connectivity index (χ1v) is 19.3. The molecule has 0 aliphatic heterocycles. The van der Waals surface area contributed by atoms with Crippen LogP contribution in [0.5, 0.6) is 0 Å². The van der Waals surface area contributed by atoms with Crippen LogP contribution in [0.1, 0.15) is 5.56 Å². The van der Waals surface area contributed by atoms with E-state index in [2.05, 4.69) is 65.2 Å². The van der Waals surface area contributed by atoms with Gasteiger partial charge in [-0.05, 0) is 69.8 Å². The molecule has 0 saturated carbocycles. The van der Waals surface area contributed by atoms with Gasteiger partial charge in [-0.2, -0.15) is 13.2 Å². The predicted octanol–water partition coefficient (Wildman–Crippen LogP) is 14.0. The molecule has 0 fully saturated rings. The van der Waals surface area contributed by atoms with Gasteiger partial charge in [-0.25, -0.2) is 15.0 Å². The van der Waals surface area contributed by atoms with Crippen molar-refractivity contribution >= 4 is 21.8 Å². The third-order valence-corrected chi connectivity index (χ3v) is 10.7. The van der Waals surface area contributed by atoms with E-state index >= 15 is 0 Å². The number of hydrogen-bond donors (Lipinski definition) is 0. The fourth-order valence-electron chi connectivity index (χ4n) is 7.90. The van der Waals surface area contributed by atoms with Crippen LogP contribution in [0, 0.1) is 0 Å². The maximum atomic E-state index is 15.0. The Kier molecular flexibility index (Phi) is 8.91. The molecule has 0 saturated heterocycles. The number of nitrogens with zero attached hydrogens (tertiary/aromatic N) is 4. The zero-order valence-electron chi connectivity index (χ0n) is 31.5. The molecule has 0 aliphatic carbocycles. The standard InChI is InChI=1S/C52H33F3N4/c53-52(54,55)46-24-14-13-23-41(46)45-33-40(27-30-44(45)51-57-49(36-19-9-3-10-20-36)56-50(58-51)37-21-11-4-12-22-37)59-47-31-38(34-15-5-1-6-16-34)25-28-42(47)43-29-26-39(32-48(43)59)35-17-7-2-8-18-35/h1-33H. The van der Waals surface area contributed by atoms with Crippen molar-refractivity contribution < 1.29 is 13.2 Å². The molecule has 0 spiro atoms. The van der Waals surface area contributed by atoms with Gasteiger partial charge in [0.1, 0.15) is 0 Å². The van der Waals surface area contributed by atoms with Gasteiger partial charge in [0.15, 0.2) is 17.5 Å². The van der Waals surface area contributed by atoms with Gasteiger partial charge < -0.3 is 4.57 Å². The van der Waals surface area contributed by atoms with Crippen molar-refractivity contribution in [1.82, 2.24) is 19.5 Å². The Hall–Kier alpha value is -7.64. The molecule has 282 valence electrons. The van der Waals surface area contributed by atoms with E-state index in [1.165, 1.54) is 12.1 Å². The lowest BCUT2D eigenvalue weighted by Gasteiger charge is -2.18. The molecule has 0 amide bonds. The topological polar surface area (TPSA) is 43.6 Å². The molecule has 10 aromatic rings. The summed E-state index contributed by atoms with van der Waals surface area (Å²) in [6.07, 6.45) is -4.63. The Morgan fingerprint density at radius 1 is 0.339 bits per heavy atom. The first kappa shape index (κ1) is 35.8. The summed E-state index contributed by atoms with van der Waals surface area (Å²) in [5.41, 5.74) is 8.28. The highest BCUT2D eigenvalue weighted by Gasteiger charge is 2.34. The average molecular weight is 771 g/mol. The van der Waals surface area contributed by atoms with Crippen molar-refractivity contribution in [3.63, 3.8) is 0 Å². The van der Waals surface area contributed by atoms with Crippen LogP contribution in [0.4, 0.5) is 13.2 Å². The Morgan fingerprint density at radius 2 is 0.780 bits per heavy atom. The van der Waals surface area contributed by atoms with Gasteiger partial charge in [0.25, 0.3) is 0 Å². The molecule has 7 heteroatoms. The maximum Gasteiger partial charge on any atom is 0.417 e. The van der Waals surface area contributed by atoms with Crippen LogP contribution in [0.3, 0.4) is 0 Å². The molecule has 10 rings (SSSR count). The highest BCUT2D eigenvalue weighted by Crippen LogP contribution is 2.43. The summed E-state index contributed by atoms with van der Waals surface area (Å²) in [5, 5.41) is 2.05. The Bertz CT molecular complexity index is 2970.